The second kappa shape index (κ2) is 11.4. The van der Waals surface area contributed by atoms with Gasteiger partial charge in [-0.25, -0.2) is 4.79 Å². The van der Waals surface area contributed by atoms with E-state index in [-0.39, 0.29) is 35.9 Å². The molecule has 1 fully saturated rings. The lowest BCUT2D eigenvalue weighted by Gasteiger charge is -2.26. The van der Waals surface area contributed by atoms with Gasteiger partial charge in [-0.1, -0.05) is 45.0 Å². The summed E-state index contributed by atoms with van der Waals surface area (Å²) in [6, 6.07) is 8.49. The molecule has 0 aliphatic carbocycles. The number of allylic oxidation sites excluding steroid dienone is 1. The zero-order valence-corrected chi connectivity index (χ0v) is 20.2. The van der Waals surface area contributed by atoms with E-state index in [1.165, 1.54) is 6.26 Å². The van der Waals surface area contributed by atoms with Gasteiger partial charge in [-0.15, -0.1) is 0 Å². The van der Waals surface area contributed by atoms with E-state index < -0.39 is 19.6 Å². The van der Waals surface area contributed by atoms with Gasteiger partial charge in [-0.05, 0) is 24.3 Å². The molecule has 186 valence electrons. The summed E-state index contributed by atoms with van der Waals surface area (Å²) in [6.45, 7) is 6.43. The molecule has 3 amide bonds. The summed E-state index contributed by atoms with van der Waals surface area (Å²) in [7, 11) is -2.08. The molecule has 0 spiro atoms. The Morgan fingerprint density at radius 2 is 2.11 bits per heavy atom. The predicted molar refractivity (Wildman–Crippen MR) is 129 cm³/mol. The quantitative estimate of drug-likeness (QED) is 0.195. The number of carbonyl (C=O) groups is 2. The van der Waals surface area contributed by atoms with Crippen molar-refractivity contribution in [3.63, 3.8) is 0 Å². The number of nitrogens with zero attached hydrogens (tertiary/aromatic N) is 2. The van der Waals surface area contributed by atoms with Gasteiger partial charge in [0.1, 0.15) is 23.5 Å². The number of amides is 3. The molecule has 3 rings (SSSR count). The molecule has 2 heterocycles. The fourth-order valence-corrected chi connectivity index (χ4v) is 4.12. The topological polar surface area (TPSA) is 148 Å². The van der Waals surface area contributed by atoms with Crippen molar-refractivity contribution in [2.75, 3.05) is 13.1 Å². The molecule has 1 aromatic heterocycles. The first kappa shape index (κ1) is 26.3. The maximum atomic E-state index is 12.9. The fraction of sp³-hybridized carbons (Fsp3) is 0.458. The maximum Gasteiger partial charge on any atom is 0.635 e. The molecular weight excluding hydrogens is 451 g/mol. The molecule has 1 aromatic carbocycles. The van der Waals surface area contributed by atoms with Gasteiger partial charge >= 0.3 is 13.4 Å². The average Bonchev–Trinajstić information content (AvgIpc) is 3.42. The van der Waals surface area contributed by atoms with Gasteiger partial charge in [0.2, 0.25) is 0 Å². The van der Waals surface area contributed by atoms with E-state index in [9.17, 15) is 24.9 Å². The number of para-hydroxylation sites is 1. The number of rotatable bonds is 8. The summed E-state index contributed by atoms with van der Waals surface area (Å²) in [5, 5.41) is 34.2. The number of hydrogen-bond acceptors (Lipinski definition) is 7. The van der Waals surface area contributed by atoms with Crippen LogP contribution in [-0.2, 0) is 15.9 Å². The van der Waals surface area contributed by atoms with Crippen molar-refractivity contribution in [3.05, 3.63) is 47.7 Å². The summed E-state index contributed by atoms with van der Waals surface area (Å²) in [4.78, 5) is 27.1. The Kier molecular flexibility index (Phi) is 8.56. The van der Waals surface area contributed by atoms with Gasteiger partial charge in [0.05, 0.1) is 6.26 Å². The van der Waals surface area contributed by atoms with Crippen molar-refractivity contribution < 1.29 is 28.7 Å². The van der Waals surface area contributed by atoms with E-state index in [2.05, 4.69) is 10.6 Å². The molecule has 35 heavy (non-hydrogen) atoms. The van der Waals surface area contributed by atoms with Crippen molar-refractivity contribution in [2.24, 2.45) is 5.41 Å². The number of urea groups is 1. The maximum absolute atomic E-state index is 12.9. The lowest BCUT2D eigenvalue weighted by Crippen LogP contribution is -2.50. The van der Waals surface area contributed by atoms with Crippen LogP contribution < -0.4 is 10.6 Å². The summed E-state index contributed by atoms with van der Waals surface area (Å²) in [5.74, 6) is -0.344. The van der Waals surface area contributed by atoms with Gasteiger partial charge in [-0.2, -0.15) is 5.26 Å². The third-order valence-corrected chi connectivity index (χ3v) is 5.61. The molecule has 1 aliphatic rings. The SMILES string of the molecule is CC(C)(C)C=C(C#N)C(=O)N1CCC[C@@H]1CNC(=O)N[C@@H](Cc1coc2ccccc12)OB(O)O. The number of hydrogen-bond donors (Lipinski definition) is 4. The van der Waals surface area contributed by atoms with E-state index >= 15 is 0 Å². The lowest BCUT2D eigenvalue weighted by molar-refractivity contribution is -0.127. The van der Waals surface area contributed by atoms with Crippen LogP contribution in [0.3, 0.4) is 0 Å². The van der Waals surface area contributed by atoms with Crippen molar-refractivity contribution in [3.8, 4) is 6.07 Å². The third kappa shape index (κ3) is 7.33. The molecule has 10 nitrogen and oxygen atoms in total. The van der Waals surface area contributed by atoms with E-state index in [0.717, 1.165) is 17.4 Å². The van der Waals surface area contributed by atoms with Gasteiger partial charge < -0.3 is 34.7 Å². The van der Waals surface area contributed by atoms with Crippen molar-refractivity contribution in [1.29, 1.82) is 5.26 Å². The number of furan rings is 1. The Morgan fingerprint density at radius 1 is 1.37 bits per heavy atom. The van der Waals surface area contributed by atoms with Crippen LogP contribution in [-0.4, -0.2) is 59.6 Å². The van der Waals surface area contributed by atoms with E-state index in [4.69, 9.17) is 9.07 Å². The molecule has 0 bridgehead atoms. The van der Waals surface area contributed by atoms with Crippen molar-refractivity contribution in [2.45, 2.75) is 52.3 Å². The number of benzene rings is 1. The van der Waals surface area contributed by atoms with Crippen LogP contribution in [0.4, 0.5) is 4.79 Å². The van der Waals surface area contributed by atoms with Gasteiger partial charge in [0, 0.05) is 36.5 Å². The normalized spacial score (nSPS) is 17.2. The number of carbonyl (C=O) groups excluding carboxylic acids is 2. The van der Waals surface area contributed by atoms with Crippen LogP contribution in [0.2, 0.25) is 0 Å². The average molecular weight is 482 g/mol. The number of likely N-dealkylation sites (tertiary alicyclic amines) is 1. The van der Waals surface area contributed by atoms with Crippen LogP contribution in [0.5, 0.6) is 0 Å². The molecule has 1 aliphatic heterocycles. The monoisotopic (exact) mass is 482 g/mol. The summed E-state index contributed by atoms with van der Waals surface area (Å²) < 4.78 is 10.6. The minimum atomic E-state index is -2.08. The fourth-order valence-electron chi connectivity index (χ4n) is 4.12. The molecule has 1 saturated heterocycles. The molecule has 11 heteroatoms. The van der Waals surface area contributed by atoms with Crippen LogP contribution in [0, 0.1) is 16.7 Å². The zero-order chi connectivity index (χ0) is 25.6. The first-order valence-corrected chi connectivity index (χ1v) is 11.5. The van der Waals surface area contributed by atoms with Crippen LogP contribution in [0.1, 0.15) is 39.2 Å². The standard InChI is InChI=1S/C24H31BN4O6/c1-24(2,3)12-17(13-26)22(30)29-10-6-7-18(29)14-27-23(31)28-21(35-25(32)33)11-16-15-34-20-9-5-4-8-19(16)20/h4-5,8-9,12,15,18,21,32-33H,6-7,10-11,14H2,1-3H3,(H2,27,28,31)/t18-,21-/m1/s1. The van der Waals surface area contributed by atoms with E-state index in [0.29, 0.717) is 18.5 Å². The Labute approximate surface area is 204 Å². The highest BCUT2D eigenvalue weighted by atomic mass is 16.6. The second-order valence-corrected chi connectivity index (χ2v) is 9.60. The third-order valence-electron chi connectivity index (χ3n) is 5.61. The summed E-state index contributed by atoms with van der Waals surface area (Å²) >= 11 is 0. The van der Waals surface area contributed by atoms with Crippen molar-refractivity contribution in [1.82, 2.24) is 15.5 Å². The Bertz CT molecular complexity index is 1120. The molecule has 2 atom stereocenters. The summed E-state index contributed by atoms with van der Waals surface area (Å²) in [6.07, 6.45) is 3.74. The molecule has 4 N–H and O–H groups in total. The highest BCUT2D eigenvalue weighted by Gasteiger charge is 2.32. The molecule has 0 radical (unpaired) electrons. The van der Waals surface area contributed by atoms with Crippen LogP contribution >= 0.6 is 0 Å². The Hall–Kier alpha value is -3.33. The molecule has 2 aromatic rings. The van der Waals surface area contributed by atoms with E-state index in [1.54, 1.807) is 17.0 Å². The van der Waals surface area contributed by atoms with Crippen LogP contribution in [0.25, 0.3) is 11.0 Å². The summed E-state index contributed by atoms with van der Waals surface area (Å²) in [5.41, 5.74) is 1.17. The van der Waals surface area contributed by atoms with Crippen LogP contribution in [0.15, 0.2) is 46.6 Å². The second-order valence-electron chi connectivity index (χ2n) is 9.60. The van der Waals surface area contributed by atoms with Gasteiger partial charge in [-0.3, -0.25) is 4.79 Å². The minimum absolute atomic E-state index is 0.0894. The number of fused-ring (bicyclic) bond motifs is 1. The first-order chi connectivity index (χ1) is 16.6. The highest BCUT2D eigenvalue weighted by molar-refractivity contribution is 6.32. The molecular formula is C24H31BN4O6. The molecule has 0 saturated carbocycles. The van der Waals surface area contributed by atoms with Crippen molar-refractivity contribution >= 4 is 30.2 Å². The van der Waals surface area contributed by atoms with Gasteiger partial charge in [0.25, 0.3) is 5.91 Å². The lowest BCUT2D eigenvalue weighted by atomic mass is 9.93. The Morgan fingerprint density at radius 3 is 2.80 bits per heavy atom. The smallest absolute Gasteiger partial charge is 0.464 e. The number of nitriles is 1. The zero-order valence-electron chi connectivity index (χ0n) is 20.2. The van der Waals surface area contributed by atoms with E-state index in [1.807, 2.05) is 45.0 Å². The Balaban J connectivity index is 1.61. The van der Waals surface area contributed by atoms with Gasteiger partial charge in [0.15, 0.2) is 0 Å². The largest absolute Gasteiger partial charge is 0.635 e. The number of nitrogens with one attached hydrogen (secondary N) is 2. The highest BCUT2D eigenvalue weighted by Crippen LogP contribution is 2.24. The minimum Gasteiger partial charge on any atom is -0.464 e. The predicted octanol–water partition coefficient (Wildman–Crippen LogP) is 2.07. The first-order valence-electron chi connectivity index (χ1n) is 11.5. The molecule has 0 unspecified atom stereocenters.